The third-order valence-electron chi connectivity index (χ3n) is 4.62. The molecule has 0 atom stereocenters. The number of hydrogen-bond acceptors (Lipinski definition) is 2. The number of aryl methyl sites for hydroxylation is 1. The van der Waals surface area contributed by atoms with Crippen LogP contribution in [-0.4, -0.2) is 23.3 Å². The molecule has 0 bridgehead atoms. The lowest BCUT2D eigenvalue weighted by atomic mass is 10.00. The van der Waals surface area contributed by atoms with E-state index >= 15 is 0 Å². The van der Waals surface area contributed by atoms with Gasteiger partial charge in [0.05, 0.1) is 0 Å². The fourth-order valence-electron chi connectivity index (χ4n) is 3.28. The lowest BCUT2D eigenvalue weighted by Crippen LogP contribution is -2.26. The summed E-state index contributed by atoms with van der Waals surface area (Å²) in [6, 6.07) is 13.6. The number of anilines is 1. The number of rotatable bonds is 4. The van der Waals surface area contributed by atoms with Crippen LogP contribution >= 0.6 is 0 Å². The SMILES string of the molecule is O=C1CCc2cc(C(=O)NCCc3c[nH]c4ccccc34)ccc2N1. The van der Waals surface area contributed by atoms with Gasteiger partial charge in [-0.25, -0.2) is 0 Å². The van der Waals surface area contributed by atoms with Gasteiger partial charge in [0, 0.05) is 41.3 Å². The largest absolute Gasteiger partial charge is 0.361 e. The Hall–Kier alpha value is -3.08. The van der Waals surface area contributed by atoms with Crippen LogP contribution in [0.2, 0.25) is 0 Å². The minimum Gasteiger partial charge on any atom is -0.361 e. The molecule has 4 rings (SSSR count). The number of nitrogens with one attached hydrogen (secondary N) is 3. The zero-order valence-electron chi connectivity index (χ0n) is 13.8. The van der Waals surface area contributed by atoms with Crippen LogP contribution in [0.15, 0.2) is 48.7 Å². The maximum absolute atomic E-state index is 12.4. The van der Waals surface area contributed by atoms with Crippen molar-refractivity contribution in [2.45, 2.75) is 19.3 Å². The molecule has 126 valence electrons. The van der Waals surface area contributed by atoms with Gasteiger partial charge in [-0.2, -0.15) is 0 Å². The predicted molar refractivity (Wildman–Crippen MR) is 97.7 cm³/mol. The number of fused-ring (bicyclic) bond motifs is 2. The van der Waals surface area contributed by atoms with E-state index in [2.05, 4.69) is 21.7 Å². The second-order valence-electron chi connectivity index (χ2n) is 6.29. The van der Waals surface area contributed by atoms with Gasteiger partial charge in [0.2, 0.25) is 5.91 Å². The minimum atomic E-state index is -0.0838. The van der Waals surface area contributed by atoms with E-state index in [0.29, 0.717) is 24.9 Å². The number of amides is 2. The first-order valence-corrected chi connectivity index (χ1v) is 8.47. The van der Waals surface area contributed by atoms with Crippen LogP contribution in [0.25, 0.3) is 10.9 Å². The Bertz CT molecular complexity index is 958. The summed E-state index contributed by atoms with van der Waals surface area (Å²) in [4.78, 5) is 27.0. The molecule has 0 radical (unpaired) electrons. The molecule has 0 unspecified atom stereocenters. The number of H-pyrrole nitrogens is 1. The molecule has 5 nitrogen and oxygen atoms in total. The second-order valence-corrected chi connectivity index (χ2v) is 6.29. The monoisotopic (exact) mass is 333 g/mol. The first-order valence-electron chi connectivity index (χ1n) is 8.47. The molecule has 2 heterocycles. The second kappa shape index (κ2) is 6.43. The fourth-order valence-corrected chi connectivity index (χ4v) is 3.28. The molecule has 0 fully saturated rings. The van der Waals surface area contributed by atoms with E-state index in [0.717, 1.165) is 23.2 Å². The summed E-state index contributed by atoms with van der Waals surface area (Å²) in [6.45, 7) is 0.578. The standard InChI is InChI=1S/C20H19N3O2/c24-19-8-6-13-11-14(5-7-17(13)23-19)20(25)21-10-9-15-12-22-18-4-2-1-3-16(15)18/h1-5,7,11-12,22H,6,8-10H2,(H,21,25)(H,23,24). The van der Waals surface area contributed by atoms with Crippen molar-refractivity contribution in [3.8, 4) is 0 Å². The topological polar surface area (TPSA) is 74.0 Å². The Balaban J connectivity index is 1.40. The zero-order chi connectivity index (χ0) is 17.2. The van der Waals surface area contributed by atoms with Crippen LogP contribution in [0.4, 0.5) is 5.69 Å². The number of benzene rings is 2. The van der Waals surface area contributed by atoms with E-state index in [9.17, 15) is 9.59 Å². The van der Waals surface area contributed by atoms with Gasteiger partial charge >= 0.3 is 0 Å². The van der Waals surface area contributed by atoms with Crippen molar-refractivity contribution in [2.75, 3.05) is 11.9 Å². The molecule has 3 N–H and O–H groups in total. The predicted octanol–water partition coefficient (Wildman–Crippen LogP) is 3.03. The van der Waals surface area contributed by atoms with Crippen LogP contribution in [0.5, 0.6) is 0 Å². The average molecular weight is 333 g/mol. The Kier molecular flexibility index (Phi) is 3.98. The molecule has 2 amide bonds. The summed E-state index contributed by atoms with van der Waals surface area (Å²) in [5, 5.41) is 7.00. The number of carbonyl (C=O) groups excluding carboxylic acids is 2. The Morgan fingerprint density at radius 2 is 2.00 bits per heavy atom. The van der Waals surface area contributed by atoms with Crippen LogP contribution in [0.3, 0.4) is 0 Å². The molecule has 5 heteroatoms. The molecular weight excluding hydrogens is 314 g/mol. The zero-order valence-corrected chi connectivity index (χ0v) is 13.8. The molecule has 0 spiro atoms. The van der Waals surface area contributed by atoms with Gasteiger partial charge in [-0.15, -0.1) is 0 Å². The van der Waals surface area contributed by atoms with Crippen molar-refractivity contribution in [3.63, 3.8) is 0 Å². The fraction of sp³-hybridized carbons (Fsp3) is 0.200. The Morgan fingerprint density at radius 3 is 2.92 bits per heavy atom. The number of aromatic nitrogens is 1. The highest BCUT2D eigenvalue weighted by Crippen LogP contribution is 2.23. The van der Waals surface area contributed by atoms with Crippen molar-refractivity contribution in [3.05, 3.63) is 65.4 Å². The van der Waals surface area contributed by atoms with Crippen molar-refractivity contribution in [1.29, 1.82) is 0 Å². The van der Waals surface area contributed by atoms with E-state index in [-0.39, 0.29) is 11.8 Å². The molecule has 25 heavy (non-hydrogen) atoms. The highest BCUT2D eigenvalue weighted by atomic mass is 16.2. The molecule has 0 aliphatic carbocycles. The number of aromatic amines is 1. The molecule has 2 aromatic carbocycles. The Morgan fingerprint density at radius 1 is 1.12 bits per heavy atom. The lowest BCUT2D eigenvalue weighted by molar-refractivity contribution is -0.116. The summed E-state index contributed by atoms with van der Waals surface area (Å²) in [5.41, 5.74) is 4.77. The first-order chi connectivity index (χ1) is 12.2. The van der Waals surface area contributed by atoms with Crippen molar-refractivity contribution in [2.24, 2.45) is 0 Å². The van der Waals surface area contributed by atoms with Crippen molar-refractivity contribution in [1.82, 2.24) is 10.3 Å². The van der Waals surface area contributed by atoms with Gasteiger partial charge < -0.3 is 15.6 Å². The van der Waals surface area contributed by atoms with Gasteiger partial charge in [0.25, 0.3) is 5.91 Å². The van der Waals surface area contributed by atoms with Crippen LogP contribution in [0, 0.1) is 0 Å². The van der Waals surface area contributed by atoms with E-state index in [4.69, 9.17) is 0 Å². The van der Waals surface area contributed by atoms with E-state index < -0.39 is 0 Å². The summed E-state index contributed by atoms with van der Waals surface area (Å²) < 4.78 is 0. The quantitative estimate of drug-likeness (QED) is 0.686. The normalized spacial score (nSPS) is 13.4. The maximum atomic E-state index is 12.4. The summed E-state index contributed by atoms with van der Waals surface area (Å²) >= 11 is 0. The van der Waals surface area contributed by atoms with E-state index in [1.807, 2.05) is 30.5 Å². The van der Waals surface area contributed by atoms with Crippen molar-refractivity contribution >= 4 is 28.4 Å². The first kappa shape index (κ1) is 15.4. The third kappa shape index (κ3) is 3.13. The maximum Gasteiger partial charge on any atom is 0.251 e. The molecule has 3 aromatic rings. The minimum absolute atomic E-state index is 0.0310. The molecular formula is C20H19N3O2. The molecule has 0 saturated heterocycles. The summed E-state index contributed by atoms with van der Waals surface area (Å²) in [7, 11) is 0. The average Bonchev–Trinajstić information content (AvgIpc) is 3.04. The van der Waals surface area contributed by atoms with E-state index in [1.165, 1.54) is 10.9 Å². The van der Waals surface area contributed by atoms with Gasteiger partial charge in [-0.1, -0.05) is 18.2 Å². The number of hydrogen-bond donors (Lipinski definition) is 3. The lowest BCUT2D eigenvalue weighted by Gasteiger charge is -2.17. The van der Waals surface area contributed by atoms with E-state index in [1.54, 1.807) is 12.1 Å². The number of para-hydroxylation sites is 1. The highest BCUT2D eigenvalue weighted by molar-refractivity contribution is 5.98. The van der Waals surface area contributed by atoms with Gasteiger partial charge in [-0.3, -0.25) is 9.59 Å². The van der Waals surface area contributed by atoms with Crippen LogP contribution < -0.4 is 10.6 Å². The van der Waals surface area contributed by atoms with Crippen LogP contribution in [0.1, 0.15) is 27.9 Å². The third-order valence-corrected chi connectivity index (χ3v) is 4.62. The molecule has 1 aliphatic heterocycles. The van der Waals surface area contributed by atoms with Crippen LogP contribution in [-0.2, 0) is 17.6 Å². The molecule has 1 aliphatic rings. The van der Waals surface area contributed by atoms with Gasteiger partial charge in [-0.05, 0) is 48.2 Å². The van der Waals surface area contributed by atoms with Gasteiger partial charge in [0.15, 0.2) is 0 Å². The smallest absolute Gasteiger partial charge is 0.251 e. The number of carbonyl (C=O) groups is 2. The molecule has 1 aromatic heterocycles. The van der Waals surface area contributed by atoms with Gasteiger partial charge in [0.1, 0.15) is 0 Å². The van der Waals surface area contributed by atoms with Crippen molar-refractivity contribution < 1.29 is 9.59 Å². The Labute approximate surface area is 145 Å². The summed E-state index contributed by atoms with van der Waals surface area (Å²) in [6.07, 6.45) is 3.92. The summed E-state index contributed by atoms with van der Waals surface area (Å²) in [5.74, 6) is -0.0528. The highest BCUT2D eigenvalue weighted by Gasteiger charge is 2.16. The molecule has 0 saturated carbocycles.